The van der Waals surface area contributed by atoms with E-state index < -0.39 is 0 Å². The summed E-state index contributed by atoms with van der Waals surface area (Å²) in [5, 5.41) is 14.3. The zero-order valence-corrected chi connectivity index (χ0v) is 14.1. The van der Waals surface area contributed by atoms with Crippen LogP contribution in [0.1, 0.15) is 19.3 Å². The van der Waals surface area contributed by atoms with Gasteiger partial charge in [0.1, 0.15) is 5.75 Å². The van der Waals surface area contributed by atoms with Gasteiger partial charge in [0.25, 0.3) is 0 Å². The van der Waals surface area contributed by atoms with E-state index in [0.29, 0.717) is 17.5 Å². The van der Waals surface area contributed by atoms with Gasteiger partial charge in [-0.25, -0.2) is 0 Å². The van der Waals surface area contributed by atoms with Crippen LogP contribution in [0.25, 0.3) is 0 Å². The Hall–Kier alpha value is -0.810. The third-order valence-electron chi connectivity index (χ3n) is 4.18. The van der Waals surface area contributed by atoms with Crippen LogP contribution in [0.2, 0.25) is 5.02 Å². The van der Waals surface area contributed by atoms with Crippen LogP contribution in [0.4, 0.5) is 0 Å². The number of nitrogens with zero attached hydrogens (tertiary/aromatic N) is 1. The number of ether oxygens (including phenoxy) is 1. The van der Waals surface area contributed by atoms with Gasteiger partial charge in [-0.3, -0.25) is 0 Å². The second-order valence-electron chi connectivity index (χ2n) is 6.08. The SMILES string of the molecule is CN(CCCOc1cccc(Cl)c1)CC(O)C1CCNCC1. The van der Waals surface area contributed by atoms with E-state index in [-0.39, 0.29) is 6.10 Å². The zero-order chi connectivity index (χ0) is 15.8. The topological polar surface area (TPSA) is 44.7 Å². The molecule has 0 bridgehead atoms. The third kappa shape index (κ3) is 6.13. The molecule has 124 valence electrons. The van der Waals surface area contributed by atoms with Crippen molar-refractivity contribution in [2.75, 3.05) is 39.8 Å². The molecule has 1 aliphatic rings. The van der Waals surface area contributed by atoms with Crippen molar-refractivity contribution in [1.82, 2.24) is 10.2 Å². The fraction of sp³-hybridized carbons (Fsp3) is 0.647. The molecule has 0 spiro atoms. The van der Waals surface area contributed by atoms with E-state index in [1.54, 1.807) is 0 Å². The Morgan fingerprint density at radius 3 is 2.91 bits per heavy atom. The lowest BCUT2D eigenvalue weighted by Gasteiger charge is -2.30. The van der Waals surface area contributed by atoms with E-state index >= 15 is 0 Å². The van der Waals surface area contributed by atoms with Crippen molar-refractivity contribution in [2.24, 2.45) is 5.92 Å². The highest BCUT2D eigenvalue weighted by Crippen LogP contribution is 2.18. The average molecular weight is 327 g/mol. The van der Waals surface area contributed by atoms with E-state index in [2.05, 4.69) is 17.3 Å². The summed E-state index contributed by atoms with van der Waals surface area (Å²) < 4.78 is 5.68. The highest BCUT2D eigenvalue weighted by molar-refractivity contribution is 6.30. The molecule has 2 N–H and O–H groups in total. The fourth-order valence-corrected chi connectivity index (χ4v) is 3.05. The Bertz CT molecular complexity index is 438. The van der Waals surface area contributed by atoms with Crippen LogP contribution in [0.15, 0.2) is 24.3 Å². The zero-order valence-electron chi connectivity index (χ0n) is 13.3. The standard InChI is InChI=1S/C17H27ClN2O2/c1-20(13-17(21)14-6-8-19-9-7-14)10-3-11-22-16-5-2-4-15(18)12-16/h2,4-5,12,14,17,19,21H,3,6-11,13H2,1H3. The molecule has 5 heteroatoms. The first-order valence-corrected chi connectivity index (χ1v) is 8.48. The van der Waals surface area contributed by atoms with E-state index in [9.17, 15) is 5.11 Å². The summed E-state index contributed by atoms with van der Waals surface area (Å²) in [5.41, 5.74) is 0. The normalized spacial score (nSPS) is 17.6. The van der Waals surface area contributed by atoms with Crippen molar-refractivity contribution in [1.29, 1.82) is 0 Å². The number of aliphatic hydroxyl groups is 1. The van der Waals surface area contributed by atoms with Crippen molar-refractivity contribution < 1.29 is 9.84 Å². The summed E-state index contributed by atoms with van der Waals surface area (Å²) in [7, 11) is 2.06. The smallest absolute Gasteiger partial charge is 0.120 e. The molecule has 1 unspecified atom stereocenters. The van der Waals surface area contributed by atoms with Crippen LogP contribution in [-0.4, -0.2) is 55.9 Å². The minimum Gasteiger partial charge on any atom is -0.493 e. The van der Waals surface area contributed by atoms with Crippen LogP contribution in [0.5, 0.6) is 5.75 Å². The Morgan fingerprint density at radius 1 is 1.41 bits per heavy atom. The molecule has 22 heavy (non-hydrogen) atoms. The lowest BCUT2D eigenvalue weighted by atomic mass is 9.92. The molecule has 1 aromatic carbocycles. The van der Waals surface area contributed by atoms with Crippen molar-refractivity contribution in [3.05, 3.63) is 29.3 Å². The average Bonchev–Trinajstić information content (AvgIpc) is 2.52. The van der Waals surface area contributed by atoms with Crippen molar-refractivity contribution in [3.63, 3.8) is 0 Å². The predicted octanol–water partition coefficient (Wildman–Crippen LogP) is 2.40. The Labute approximate surface area is 138 Å². The monoisotopic (exact) mass is 326 g/mol. The number of benzene rings is 1. The molecule has 0 aromatic heterocycles. The van der Waals surface area contributed by atoms with Gasteiger partial charge in [-0.1, -0.05) is 17.7 Å². The Balaban J connectivity index is 1.60. The molecule has 0 saturated carbocycles. The first-order valence-electron chi connectivity index (χ1n) is 8.11. The number of rotatable bonds is 8. The molecule has 1 heterocycles. The first kappa shape index (κ1) is 17.5. The van der Waals surface area contributed by atoms with Crippen molar-refractivity contribution in [2.45, 2.75) is 25.4 Å². The van der Waals surface area contributed by atoms with E-state index in [4.69, 9.17) is 16.3 Å². The largest absolute Gasteiger partial charge is 0.493 e. The molecule has 0 aliphatic carbocycles. The second kappa shape index (κ2) is 9.36. The second-order valence-corrected chi connectivity index (χ2v) is 6.51. The number of aliphatic hydroxyl groups excluding tert-OH is 1. The van der Waals surface area contributed by atoms with Gasteiger partial charge in [0, 0.05) is 18.1 Å². The quantitative estimate of drug-likeness (QED) is 0.720. The van der Waals surface area contributed by atoms with Gasteiger partial charge in [-0.2, -0.15) is 0 Å². The summed E-state index contributed by atoms with van der Waals surface area (Å²) in [6.07, 6.45) is 2.86. The lowest BCUT2D eigenvalue weighted by Crippen LogP contribution is -2.40. The number of halogens is 1. The van der Waals surface area contributed by atoms with Gasteiger partial charge in [0.15, 0.2) is 0 Å². The highest BCUT2D eigenvalue weighted by atomic mass is 35.5. The van der Waals surface area contributed by atoms with Gasteiger partial charge >= 0.3 is 0 Å². The predicted molar refractivity (Wildman–Crippen MR) is 90.7 cm³/mol. The van der Waals surface area contributed by atoms with Crippen LogP contribution >= 0.6 is 11.6 Å². The molecule has 1 fully saturated rings. The molecule has 1 aromatic rings. The lowest BCUT2D eigenvalue weighted by molar-refractivity contribution is 0.0568. The molecule has 1 aliphatic heterocycles. The van der Waals surface area contributed by atoms with Gasteiger partial charge in [0.05, 0.1) is 12.7 Å². The third-order valence-corrected chi connectivity index (χ3v) is 4.41. The number of piperidine rings is 1. The molecule has 4 nitrogen and oxygen atoms in total. The number of nitrogens with one attached hydrogen (secondary N) is 1. The van der Waals surface area contributed by atoms with Crippen LogP contribution < -0.4 is 10.1 Å². The van der Waals surface area contributed by atoms with Gasteiger partial charge in [-0.15, -0.1) is 0 Å². The Kier molecular flexibility index (Phi) is 7.46. The summed E-state index contributed by atoms with van der Waals surface area (Å²) >= 11 is 5.92. The maximum absolute atomic E-state index is 10.3. The summed E-state index contributed by atoms with van der Waals surface area (Å²) in [6, 6.07) is 7.46. The van der Waals surface area contributed by atoms with Crippen molar-refractivity contribution in [3.8, 4) is 5.75 Å². The Morgan fingerprint density at radius 2 is 2.18 bits per heavy atom. The van der Waals surface area contributed by atoms with Gasteiger partial charge in [0.2, 0.25) is 0 Å². The summed E-state index contributed by atoms with van der Waals surface area (Å²) in [4.78, 5) is 2.19. The molecular weight excluding hydrogens is 300 g/mol. The molecule has 2 rings (SSSR count). The van der Waals surface area contributed by atoms with Crippen molar-refractivity contribution >= 4 is 11.6 Å². The van der Waals surface area contributed by atoms with Gasteiger partial charge in [-0.05, 0) is 63.5 Å². The van der Waals surface area contributed by atoms with Crippen LogP contribution in [0.3, 0.4) is 0 Å². The van der Waals surface area contributed by atoms with E-state index in [0.717, 1.165) is 51.2 Å². The first-order chi connectivity index (χ1) is 10.6. The summed E-state index contributed by atoms with van der Waals surface area (Å²) in [6.45, 7) is 4.37. The molecule has 0 amide bonds. The van der Waals surface area contributed by atoms with E-state index in [1.165, 1.54) is 0 Å². The number of hydrogen-bond acceptors (Lipinski definition) is 4. The fourth-order valence-electron chi connectivity index (χ4n) is 2.87. The molecule has 1 saturated heterocycles. The minimum atomic E-state index is -0.221. The maximum Gasteiger partial charge on any atom is 0.120 e. The van der Waals surface area contributed by atoms with E-state index in [1.807, 2.05) is 24.3 Å². The number of hydrogen-bond donors (Lipinski definition) is 2. The maximum atomic E-state index is 10.3. The molecular formula is C17H27ClN2O2. The van der Waals surface area contributed by atoms with Crippen LogP contribution in [0, 0.1) is 5.92 Å². The molecule has 0 radical (unpaired) electrons. The minimum absolute atomic E-state index is 0.221. The highest BCUT2D eigenvalue weighted by Gasteiger charge is 2.22. The van der Waals surface area contributed by atoms with Gasteiger partial charge < -0.3 is 20.1 Å². The number of likely N-dealkylation sites (N-methyl/N-ethyl adjacent to an activating group) is 1. The summed E-state index contributed by atoms with van der Waals surface area (Å²) in [5.74, 6) is 1.25. The molecule has 1 atom stereocenters. The van der Waals surface area contributed by atoms with Crippen LogP contribution in [-0.2, 0) is 0 Å².